The van der Waals surface area contributed by atoms with Crippen LogP contribution in [0.2, 0.25) is 0 Å². The van der Waals surface area contributed by atoms with E-state index in [1.807, 2.05) is 17.0 Å². The zero-order valence-corrected chi connectivity index (χ0v) is 11.4. The van der Waals surface area contributed by atoms with Gasteiger partial charge >= 0.3 is 0 Å². The first kappa shape index (κ1) is 11.3. The van der Waals surface area contributed by atoms with Gasteiger partial charge in [-0.1, -0.05) is 12.1 Å². The van der Waals surface area contributed by atoms with E-state index in [-0.39, 0.29) is 0 Å². The number of anilines is 2. The van der Waals surface area contributed by atoms with Gasteiger partial charge in [-0.05, 0) is 43.2 Å². The number of para-hydroxylation sites is 2. The Morgan fingerprint density at radius 3 is 2.47 bits per heavy atom. The maximum absolute atomic E-state index is 12.7. The molecular formula is C16H20N2O. The molecule has 0 bridgehead atoms. The van der Waals surface area contributed by atoms with Gasteiger partial charge < -0.3 is 9.80 Å². The predicted octanol–water partition coefficient (Wildman–Crippen LogP) is 2.52. The van der Waals surface area contributed by atoms with Crippen LogP contribution in [0.15, 0.2) is 24.3 Å². The zero-order valence-electron chi connectivity index (χ0n) is 11.4. The molecule has 3 heteroatoms. The summed E-state index contributed by atoms with van der Waals surface area (Å²) in [5, 5.41) is 0. The first-order valence-electron chi connectivity index (χ1n) is 7.35. The van der Waals surface area contributed by atoms with Crippen molar-refractivity contribution in [2.45, 2.75) is 19.3 Å². The van der Waals surface area contributed by atoms with Gasteiger partial charge in [-0.2, -0.15) is 0 Å². The van der Waals surface area contributed by atoms with E-state index in [2.05, 4.69) is 24.1 Å². The quantitative estimate of drug-likeness (QED) is 0.771. The first-order chi connectivity index (χ1) is 9.24. The summed E-state index contributed by atoms with van der Waals surface area (Å²) < 4.78 is 0. The van der Waals surface area contributed by atoms with Crippen LogP contribution in [0.25, 0.3) is 0 Å². The summed E-state index contributed by atoms with van der Waals surface area (Å²) in [6.45, 7) is 1.76. The molecule has 19 heavy (non-hydrogen) atoms. The van der Waals surface area contributed by atoms with E-state index in [0.717, 1.165) is 43.5 Å². The highest BCUT2D eigenvalue weighted by atomic mass is 16.2. The molecule has 1 amide bonds. The van der Waals surface area contributed by atoms with Gasteiger partial charge in [0.1, 0.15) is 0 Å². The molecule has 0 radical (unpaired) electrons. The number of fused-ring (bicyclic) bond motifs is 2. The SMILES string of the molecule is CN1CCN(C(=O)C2CC3CC3C2)c2ccccc21. The number of rotatable bonds is 1. The molecule has 2 atom stereocenters. The zero-order chi connectivity index (χ0) is 13.0. The van der Waals surface area contributed by atoms with E-state index in [9.17, 15) is 4.79 Å². The van der Waals surface area contributed by atoms with Crippen molar-refractivity contribution in [3.63, 3.8) is 0 Å². The van der Waals surface area contributed by atoms with Crippen molar-refractivity contribution in [1.29, 1.82) is 0 Å². The van der Waals surface area contributed by atoms with E-state index >= 15 is 0 Å². The number of benzene rings is 1. The van der Waals surface area contributed by atoms with Crippen LogP contribution in [0.5, 0.6) is 0 Å². The summed E-state index contributed by atoms with van der Waals surface area (Å²) in [6.07, 6.45) is 3.65. The van der Waals surface area contributed by atoms with E-state index in [1.165, 1.54) is 12.1 Å². The van der Waals surface area contributed by atoms with Crippen molar-refractivity contribution in [2.75, 3.05) is 29.9 Å². The molecule has 0 N–H and O–H groups in total. The van der Waals surface area contributed by atoms with Gasteiger partial charge in [0.05, 0.1) is 11.4 Å². The van der Waals surface area contributed by atoms with E-state index < -0.39 is 0 Å². The summed E-state index contributed by atoms with van der Waals surface area (Å²) in [7, 11) is 2.10. The molecule has 1 aliphatic heterocycles. The molecule has 2 unspecified atom stereocenters. The van der Waals surface area contributed by atoms with Gasteiger partial charge in [0.15, 0.2) is 0 Å². The Kier molecular flexibility index (Phi) is 2.38. The lowest BCUT2D eigenvalue weighted by molar-refractivity contribution is -0.122. The van der Waals surface area contributed by atoms with Gasteiger partial charge in [0.25, 0.3) is 0 Å². The van der Waals surface area contributed by atoms with Crippen LogP contribution in [0.4, 0.5) is 11.4 Å². The lowest BCUT2D eigenvalue weighted by atomic mass is 10.0. The number of amides is 1. The Balaban J connectivity index is 1.61. The Morgan fingerprint density at radius 1 is 1.05 bits per heavy atom. The second kappa shape index (κ2) is 3.99. The van der Waals surface area contributed by atoms with Crippen LogP contribution in [0.1, 0.15) is 19.3 Å². The predicted molar refractivity (Wildman–Crippen MR) is 76.4 cm³/mol. The van der Waals surface area contributed by atoms with Gasteiger partial charge in [-0.25, -0.2) is 0 Å². The minimum absolute atomic E-state index is 0.292. The van der Waals surface area contributed by atoms with Crippen LogP contribution >= 0.6 is 0 Å². The van der Waals surface area contributed by atoms with Gasteiger partial charge in [0, 0.05) is 26.1 Å². The molecule has 1 aromatic carbocycles. The second-order valence-corrected chi connectivity index (χ2v) is 6.32. The molecule has 4 rings (SSSR count). The molecular weight excluding hydrogens is 236 g/mol. The van der Waals surface area contributed by atoms with Gasteiger partial charge in [0.2, 0.25) is 5.91 Å². The minimum atomic E-state index is 0.292. The lowest BCUT2D eigenvalue weighted by Crippen LogP contribution is -2.45. The lowest BCUT2D eigenvalue weighted by Gasteiger charge is -2.37. The maximum atomic E-state index is 12.7. The van der Waals surface area contributed by atoms with Crippen molar-refractivity contribution in [3.8, 4) is 0 Å². The maximum Gasteiger partial charge on any atom is 0.230 e. The van der Waals surface area contributed by atoms with Crippen LogP contribution in [-0.4, -0.2) is 26.0 Å². The average Bonchev–Trinajstić information content (AvgIpc) is 3.05. The third kappa shape index (κ3) is 1.75. The summed E-state index contributed by atoms with van der Waals surface area (Å²) in [4.78, 5) is 17.0. The van der Waals surface area contributed by atoms with Crippen LogP contribution < -0.4 is 9.80 Å². The highest BCUT2D eigenvalue weighted by molar-refractivity contribution is 5.99. The first-order valence-corrected chi connectivity index (χ1v) is 7.35. The Bertz CT molecular complexity index is 517. The largest absolute Gasteiger partial charge is 0.371 e. The number of likely N-dealkylation sites (N-methyl/N-ethyl adjacent to an activating group) is 1. The second-order valence-electron chi connectivity index (χ2n) is 6.32. The van der Waals surface area contributed by atoms with Gasteiger partial charge in [-0.15, -0.1) is 0 Å². The fourth-order valence-corrected chi connectivity index (χ4v) is 3.87. The molecule has 0 saturated heterocycles. The fourth-order valence-electron chi connectivity index (χ4n) is 3.87. The standard InChI is InChI=1S/C16H20N2O/c1-17-6-7-18(15-5-3-2-4-14(15)17)16(19)13-9-11-8-12(11)10-13/h2-5,11-13H,6-10H2,1H3. The Morgan fingerprint density at radius 2 is 1.74 bits per heavy atom. The number of hydrogen-bond donors (Lipinski definition) is 0. The third-order valence-corrected chi connectivity index (χ3v) is 5.10. The summed E-state index contributed by atoms with van der Waals surface area (Å²) in [5.74, 6) is 2.40. The molecule has 1 heterocycles. The number of hydrogen-bond acceptors (Lipinski definition) is 2. The van der Waals surface area contributed by atoms with Crippen molar-refractivity contribution in [2.24, 2.45) is 17.8 Å². The molecule has 100 valence electrons. The average molecular weight is 256 g/mol. The van der Waals surface area contributed by atoms with Crippen molar-refractivity contribution in [3.05, 3.63) is 24.3 Å². The normalized spacial score (nSPS) is 31.9. The third-order valence-electron chi connectivity index (χ3n) is 5.10. The summed E-state index contributed by atoms with van der Waals surface area (Å²) >= 11 is 0. The highest BCUT2D eigenvalue weighted by Gasteiger charge is 2.49. The van der Waals surface area contributed by atoms with Gasteiger partial charge in [-0.3, -0.25) is 4.79 Å². The molecule has 1 aromatic rings. The van der Waals surface area contributed by atoms with Crippen LogP contribution in [0.3, 0.4) is 0 Å². The molecule has 0 spiro atoms. The number of nitrogens with zero attached hydrogens (tertiary/aromatic N) is 2. The number of carbonyl (C=O) groups excluding carboxylic acids is 1. The van der Waals surface area contributed by atoms with Crippen molar-refractivity contribution in [1.82, 2.24) is 0 Å². The molecule has 2 fully saturated rings. The minimum Gasteiger partial charge on any atom is -0.371 e. The molecule has 3 aliphatic rings. The van der Waals surface area contributed by atoms with E-state index in [4.69, 9.17) is 0 Å². The van der Waals surface area contributed by atoms with Crippen molar-refractivity contribution < 1.29 is 4.79 Å². The summed E-state index contributed by atoms with van der Waals surface area (Å²) in [6, 6.07) is 8.28. The van der Waals surface area contributed by atoms with Crippen LogP contribution in [0, 0.1) is 17.8 Å². The molecule has 2 aliphatic carbocycles. The van der Waals surface area contributed by atoms with E-state index in [0.29, 0.717) is 11.8 Å². The smallest absolute Gasteiger partial charge is 0.230 e. The molecule has 3 nitrogen and oxygen atoms in total. The topological polar surface area (TPSA) is 23.6 Å². The monoisotopic (exact) mass is 256 g/mol. The summed E-state index contributed by atoms with van der Waals surface area (Å²) in [5.41, 5.74) is 2.28. The fraction of sp³-hybridized carbons (Fsp3) is 0.562. The van der Waals surface area contributed by atoms with Crippen LogP contribution in [-0.2, 0) is 4.79 Å². The van der Waals surface area contributed by atoms with Crippen molar-refractivity contribution >= 4 is 17.3 Å². The highest BCUT2D eigenvalue weighted by Crippen LogP contribution is 2.55. The molecule has 0 aromatic heterocycles. The number of carbonyl (C=O) groups is 1. The Labute approximate surface area is 114 Å². The molecule has 2 saturated carbocycles. The Hall–Kier alpha value is -1.51. The van der Waals surface area contributed by atoms with E-state index in [1.54, 1.807) is 0 Å².